The lowest BCUT2D eigenvalue weighted by Crippen LogP contribution is -2.43. The first-order valence-electron chi connectivity index (χ1n) is 6.97. The molecular formula is C13H20N2O5. The molecule has 2 amide bonds. The first-order valence-corrected chi connectivity index (χ1v) is 6.97. The minimum atomic E-state index is -0.963. The van der Waals surface area contributed by atoms with Crippen LogP contribution >= 0.6 is 0 Å². The smallest absolute Gasteiger partial charge is 0.326 e. The fourth-order valence-corrected chi connectivity index (χ4v) is 2.65. The van der Waals surface area contributed by atoms with E-state index in [-0.39, 0.29) is 24.7 Å². The highest BCUT2D eigenvalue weighted by Crippen LogP contribution is 2.19. The lowest BCUT2D eigenvalue weighted by atomic mass is 10.2. The highest BCUT2D eigenvalue weighted by Gasteiger charge is 2.33. The summed E-state index contributed by atoms with van der Waals surface area (Å²) in [6, 6.07) is -0.721. The number of carboxylic acids is 1. The maximum Gasteiger partial charge on any atom is 0.326 e. The summed E-state index contributed by atoms with van der Waals surface area (Å²) < 4.78 is 5.16. The van der Waals surface area contributed by atoms with Crippen molar-refractivity contribution in [3.05, 3.63) is 0 Å². The number of likely N-dealkylation sites (tertiary alicyclic amines) is 1. The van der Waals surface area contributed by atoms with Crippen LogP contribution in [0.15, 0.2) is 0 Å². The molecule has 2 fully saturated rings. The van der Waals surface area contributed by atoms with Crippen molar-refractivity contribution < 1.29 is 24.2 Å². The SMILES string of the molecule is O=C(O)[C@H]1CCCN1C(=O)CCC(=O)N1CCOCC1. The maximum atomic E-state index is 12.0. The molecule has 0 radical (unpaired) electrons. The van der Waals surface area contributed by atoms with Crippen molar-refractivity contribution in [2.24, 2.45) is 0 Å². The van der Waals surface area contributed by atoms with Gasteiger partial charge in [0.2, 0.25) is 11.8 Å². The molecule has 1 atom stereocenters. The molecule has 2 aliphatic heterocycles. The van der Waals surface area contributed by atoms with Gasteiger partial charge >= 0.3 is 5.97 Å². The molecule has 20 heavy (non-hydrogen) atoms. The van der Waals surface area contributed by atoms with Crippen LogP contribution in [0.4, 0.5) is 0 Å². The van der Waals surface area contributed by atoms with Crippen molar-refractivity contribution in [2.75, 3.05) is 32.8 Å². The standard InChI is InChI=1S/C13H20N2O5/c16-11(14-6-8-20-9-7-14)3-4-12(17)15-5-1-2-10(15)13(18)19/h10H,1-9H2,(H,18,19)/t10-/m1/s1. The summed E-state index contributed by atoms with van der Waals surface area (Å²) in [5, 5.41) is 9.03. The summed E-state index contributed by atoms with van der Waals surface area (Å²) in [5.74, 6) is -1.26. The third-order valence-electron chi connectivity index (χ3n) is 3.77. The van der Waals surface area contributed by atoms with E-state index in [9.17, 15) is 14.4 Å². The molecule has 0 bridgehead atoms. The number of hydrogen-bond donors (Lipinski definition) is 1. The molecule has 0 aromatic carbocycles. The van der Waals surface area contributed by atoms with Crippen LogP contribution in [0.1, 0.15) is 25.7 Å². The molecule has 0 aromatic heterocycles. The Morgan fingerprint density at radius 2 is 1.70 bits per heavy atom. The maximum absolute atomic E-state index is 12.0. The zero-order chi connectivity index (χ0) is 14.5. The number of hydrogen-bond acceptors (Lipinski definition) is 4. The van der Waals surface area contributed by atoms with Gasteiger partial charge in [-0.15, -0.1) is 0 Å². The minimum Gasteiger partial charge on any atom is -0.480 e. The first-order chi connectivity index (χ1) is 9.59. The van der Waals surface area contributed by atoms with E-state index in [0.29, 0.717) is 45.7 Å². The molecule has 2 saturated heterocycles. The highest BCUT2D eigenvalue weighted by molar-refractivity contribution is 5.87. The minimum absolute atomic E-state index is 0.0623. The number of morpholine rings is 1. The van der Waals surface area contributed by atoms with E-state index in [2.05, 4.69) is 0 Å². The van der Waals surface area contributed by atoms with Crippen molar-refractivity contribution in [2.45, 2.75) is 31.7 Å². The first kappa shape index (κ1) is 14.8. The molecule has 7 heteroatoms. The van der Waals surface area contributed by atoms with E-state index in [1.54, 1.807) is 4.90 Å². The average molecular weight is 284 g/mol. The molecule has 0 unspecified atom stereocenters. The second kappa shape index (κ2) is 6.69. The van der Waals surface area contributed by atoms with Gasteiger partial charge in [0.15, 0.2) is 0 Å². The summed E-state index contributed by atoms with van der Waals surface area (Å²) in [6.45, 7) is 2.67. The van der Waals surface area contributed by atoms with Gasteiger partial charge in [-0.25, -0.2) is 4.79 Å². The Morgan fingerprint density at radius 1 is 1.05 bits per heavy atom. The predicted molar refractivity (Wildman–Crippen MR) is 69.0 cm³/mol. The summed E-state index contributed by atoms with van der Waals surface area (Å²) in [5.41, 5.74) is 0. The Balaban J connectivity index is 1.79. The van der Waals surface area contributed by atoms with Crippen LogP contribution in [-0.2, 0) is 19.1 Å². The molecule has 1 N–H and O–H groups in total. The van der Waals surface area contributed by atoms with Crippen LogP contribution in [0.25, 0.3) is 0 Å². The van der Waals surface area contributed by atoms with Gasteiger partial charge in [0, 0.05) is 32.5 Å². The lowest BCUT2D eigenvalue weighted by Gasteiger charge is -2.27. The number of carbonyl (C=O) groups excluding carboxylic acids is 2. The largest absolute Gasteiger partial charge is 0.480 e. The van der Waals surface area contributed by atoms with Crippen LogP contribution < -0.4 is 0 Å². The van der Waals surface area contributed by atoms with Crippen molar-refractivity contribution in [3.8, 4) is 0 Å². The Bertz CT molecular complexity index is 392. The number of aliphatic carboxylic acids is 1. The quantitative estimate of drug-likeness (QED) is 0.766. The monoisotopic (exact) mass is 284 g/mol. The Labute approximate surface area is 117 Å². The van der Waals surface area contributed by atoms with Gasteiger partial charge in [-0.2, -0.15) is 0 Å². The predicted octanol–water partition coefficient (Wildman–Crippen LogP) is -0.299. The van der Waals surface area contributed by atoms with E-state index in [1.165, 1.54) is 4.90 Å². The number of rotatable bonds is 4. The van der Waals surface area contributed by atoms with E-state index in [0.717, 1.165) is 0 Å². The zero-order valence-corrected chi connectivity index (χ0v) is 11.4. The van der Waals surface area contributed by atoms with Crippen LogP contribution in [0.3, 0.4) is 0 Å². The number of ether oxygens (including phenoxy) is 1. The molecule has 2 heterocycles. The highest BCUT2D eigenvalue weighted by atomic mass is 16.5. The van der Waals surface area contributed by atoms with Gasteiger partial charge in [0.1, 0.15) is 6.04 Å². The topological polar surface area (TPSA) is 87.2 Å². The molecule has 112 valence electrons. The van der Waals surface area contributed by atoms with Gasteiger partial charge in [-0.05, 0) is 12.8 Å². The zero-order valence-electron chi connectivity index (χ0n) is 11.4. The number of amides is 2. The summed E-state index contributed by atoms with van der Waals surface area (Å²) in [4.78, 5) is 38.0. The van der Waals surface area contributed by atoms with Crippen LogP contribution in [-0.4, -0.2) is 71.6 Å². The van der Waals surface area contributed by atoms with E-state index in [1.807, 2.05) is 0 Å². The van der Waals surface area contributed by atoms with Crippen LogP contribution in [0, 0.1) is 0 Å². The fraction of sp³-hybridized carbons (Fsp3) is 0.769. The second-order valence-electron chi connectivity index (χ2n) is 5.08. The lowest BCUT2D eigenvalue weighted by molar-refractivity contribution is -0.148. The van der Waals surface area contributed by atoms with Crippen molar-refractivity contribution in [3.63, 3.8) is 0 Å². The van der Waals surface area contributed by atoms with Crippen molar-refractivity contribution >= 4 is 17.8 Å². The normalized spacial score (nSPS) is 22.9. The molecule has 0 saturated carbocycles. The van der Waals surface area contributed by atoms with Gasteiger partial charge < -0.3 is 19.6 Å². The summed E-state index contributed by atoms with van der Waals surface area (Å²) >= 11 is 0. The van der Waals surface area contributed by atoms with E-state index in [4.69, 9.17) is 9.84 Å². The fourth-order valence-electron chi connectivity index (χ4n) is 2.65. The van der Waals surface area contributed by atoms with Crippen LogP contribution in [0.2, 0.25) is 0 Å². The summed E-state index contributed by atoms with van der Waals surface area (Å²) in [7, 11) is 0. The summed E-state index contributed by atoms with van der Waals surface area (Å²) in [6.07, 6.45) is 1.43. The molecule has 2 rings (SSSR count). The van der Waals surface area contributed by atoms with E-state index < -0.39 is 12.0 Å². The molecule has 0 aromatic rings. The average Bonchev–Trinajstić information content (AvgIpc) is 2.95. The Morgan fingerprint density at radius 3 is 2.35 bits per heavy atom. The Kier molecular flexibility index (Phi) is 4.94. The van der Waals surface area contributed by atoms with E-state index >= 15 is 0 Å². The molecular weight excluding hydrogens is 264 g/mol. The number of nitrogens with zero attached hydrogens (tertiary/aromatic N) is 2. The van der Waals surface area contributed by atoms with Gasteiger partial charge in [-0.3, -0.25) is 9.59 Å². The van der Waals surface area contributed by atoms with Gasteiger partial charge in [-0.1, -0.05) is 0 Å². The molecule has 0 spiro atoms. The third-order valence-corrected chi connectivity index (χ3v) is 3.77. The number of carboxylic acid groups (broad SMARTS) is 1. The molecule has 0 aliphatic carbocycles. The van der Waals surface area contributed by atoms with Gasteiger partial charge in [0.25, 0.3) is 0 Å². The molecule has 7 nitrogen and oxygen atoms in total. The van der Waals surface area contributed by atoms with Gasteiger partial charge in [0.05, 0.1) is 13.2 Å². The van der Waals surface area contributed by atoms with Crippen molar-refractivity contribution in [1.82, 2.24) is 9.80 Å². The van der Waals surface area contributed by atoms with Crippen molar-refractivity contribution in [1.29, 1.82) is 0 Å². The second-order valence-corrected chi connectivity index (χ2v) is 5.08. The third kappa shape index (κ3) is 3.47. The number of carbonyl (C=O) groups is 3. The Hall–Kier alpha value is -1.63. The van der Waals surface area contributed by atoms with Crippen LogP contribution in [0.5, 0.6) is 0 Å². The molecule has 2 aliphatic rings.